The van der Waals surface area contributed by atoms with E-state index in [4.69, 9.17) is 51.1 Å². The molecule has 0 fully saturated rings. The summed E-state index contributed by atoms with van der Waals surface area (Å²) in [7, 11) is 1.49. The Kier molecular flexibility index (Phi) is 6.96. The third-order valence-electron chi connectivity index (χ3n) is 2.98. The highest BCUT2D eigenvalue weighted by atomic mass is 35.6. The fraction of sp³-hybridized carbons (Fsp3) is 0.188. The molecule has 128 valence electrons. The number of para-hydroxylation sites is 1. The Balaban J connectivity index is 2.20. The maximum atomic E-state index is 12.5. The van der Waals surface area contributed by atoms with E-state index in [0.29, 0.717) is 16.3 Å². The first-order chi connectivity index (χ1) is 11.3. The van der Waals surface area contributed by atoms with Gasteiger partial charge >= 0.3 is 0 Å². The largest absolute Gasteiger partial charge is 0.496 e. The van der Waals surface area contributed by atoms with Gasteiger partial charge < -0.3 is 10.1 Å². The molecule has 1 amide bonds. The Labute approximate surface area is 164 Å². The van der Waals surface area contributed by atoms with Gasteiger partial charge in [0.25, 0.3) is 5.91 Å². The van der Waals surface area contributed by atoms with E-state index in [9.17, 15) is 4.79 Å². The van der Waals surface area contributed by atoms with E-state index in [0.717, 1.165) is 4.90 Å². The summed E-state index contributed by atoms with van der Waals surface area (Å²) in [6.07, 6.45) is 0. The molecule has 24 heavy (non-hydrogen) atoms. The predicted molar refractivity (Wildman–Crippen MR) is 102 cm³/mol. The number of thioether (sulfide) groups is 1. The number of benzene rings is 2. The Morgan fingerprint density at radius 1 is 1.12 bits per heavy atom. The molecule has 0 saturated carbocycles. The molecule has 0 radical (unpaired) electrons. The van der Waals surface area contributed by atoms with E-state index < -0.39 is 15.1 Å². The summed E-state index contributed by atoms with van der Waals surface area (Å²) in [5.41, 5.74) is 0.357. The lowest BCUT2D eigenvalue weighted by Crippen LogP contribution is -2.41. The third-order valence-corrected chi connectivity index (χ3v) is 5.52. The van der Waals surface area contributed by atoms with Crippen molar-refractivity contribution < 1.29 is 9.53 Å². The average molecular weight is 425 g/mol. The molecule has 0 aliphatic heterocycles. The lowest BCUT2D eigenvalue weighted by Gasteiger charge is -2.25. The van der Waals surface area contributed by atoms with Gasteiger partial charge in [-0.3, -0.25) is 4.79 Å². The molecule has 1 atom stereocenters. The number of nitrogens with one attached hydrogen (secondary N) is 1. The Hall–Kier alpha value is -0.780. The minimum Gasteiger partial charge on any atom is -0.496 e. The van der Waals surface area contributed by atoms with E-state index in [1.165, 1.54) is 18.9 Å². The number of methoxy groups -OCH3 is 1. The molecule has 0 saturated heterocycles. The van der Waals surface area contributed by atoms with Crippen LogP contribution in [-0.4, -0.2) is 22.2 Å². The summed E-state index contributed by atoms with van der Waals surface area (Å²) in [6, 6.07) is 13.8. The number of alkyl halides is 3. The second-order valence-electron chi connectivity index (χ2n) is 4.67. The second kappa shape index (κ2) is 8.54. The summed E-state index contributed by atoms with van der Waals surface area (Å²) in [5, 5.41) is 2.52. The first kappa shape index (κ1) is 19.5. The molecule has 0 unspecified atom stereocenters. The molecule has 2 rings (SSSR count). The van der Waals surface area contributed by atoms with Gasteiger partial charge in [-0.05, 0) is 36.4 Å². The smallest absolute Gasteiger partial charge is 0.256 e. The summed E-state index contributed by atoms with van der Waals surface area (Å²) < 4.78 is 3.48. The van der Waals surface area contributed by atoms with Crippen molar-refractivity contribution in [3.63, 3.8) is 0 Å². The number of amides is 1. The van der Waals surface area contributed by atoms with Crippen LogP contribution >= 0.6 is 58.2 Å². The molecular formula is C16H13Cl4NO2S. The first-order valence-electron chi connectivity index (χ1n) is 6.74. The lowest BCUT2D eigenvalue weighted by molar-refractivity contribution is 0.0947. The molecule has 0 bridgehead atoms. The molecule has 0 aliphatic carbocycles. The fourth-order valence-corrected chi connectivity index (χ4v) is 3.41. The molecular weight excluding hydrogens is 412 g/mol. The second-order valence-corrected chi connectivity index (χ2v) is 8.65. The van der Waals surface area contributed by atoms with Crippen LogP contribution in [0.25, 0.3) is 0 Å². The minimum atomic E-state index is -1.71. The lowest BCUT2D eigenvalue weighted by atomic mass is 10.2. The third kappa shape index (κ3) is 5.36. The topological polar surface area (TPSA) is 38.3 Å². The van der Waals surface area contributed by atoms with Gasteiger partial charge in [-0.2, -0.15) is 0 Å². The number of ether oxygens (including phenoxy) is 1. The van der Waals surface area contributed by atoms with Crippen LogP contribution < -0.4 is 10.1 Å². The van der Waals surface area contributed by atoms with Crippen molar-refractivity contribution in [2.24, 2.45) is 0 Å². The van der Waals surface area contributed by atoms with Crippen LogP contribution in [0, 0.1) is 0 Å². The highest BCUT2D eigenvalue weighted by molar-refractivity contribution is 8.00. The molecule has 8 heteroatoms. The van der Waals surface area contributed by atoms with Gasteiger partial charge in [0.05, 0.1) is 12.7 Å². The van der Waals surface area contributed by atoms with E-state index in [1.54, 1.807) is 48.5 Å². The van der Waals surface area contributed by atoms with Crippen molar-refractivity contribution in [1.29, 1.82) is 0 Å². The first-order valence-corrected chi connectivity index (χ1v) is 9.13. The van der Waals surface area contributed by atoms with Crippen LogP contribution in [0.15, 0.2) is 53.4 Å². The van der Waals surface area contributed by atoms with Gasteiger partial charge in [0.2, 0.25) is 3.79 Å². The number of carbonyl (C=O) groups excluding carboxylic acids is 1. The molecule has 0 aromatic heterocycles. The summed E-state index contributed by atoms with van der Waals surface area (Å²) in [5.74, 6) is 0.0415. The van der Waals surface area contributed by atoms with E-state index in [1.807, 2.05) is 0 Å². The SMILES string of the molecule is COc1ccccc1C(=O)N[C@@H](Sc1ccc(Cl)cc1)C(Cl)(Cl)Cl. The van der Waals surface area contributed by atoms with Crippen molar-refractivity contribution in [2.45, 2.75) is 14.1 Å². The summed E-state index contributed by atoms with van der Waals surface area (Å²) >= 11 is 25.1. The van der Waals surface area contributed by atoms with Crippen LogP contribution in [0.2, 0.25) is 5.02 Å². The molecule has 0 spiro atoms. The van der Waals surface area contributed by atoms with E-state index >= 15 is 0 Å². The number of carbonyl (C=O) groups is 1. The van der Waals surface area contributed by atoms with Crippen molar-refractivity contribution in [2.75, 3.05) is 7.11 Å². The van der Waals surface area contributed by atoms with Crippen LogP contribution in [0.3, 0.4) is 0 Å². The Morgan fingerprint density at radius 3 is 2.33 bits per heavy atom. The van der Waals surface area contributed by atoms with Crippen molar-refractivity contribution >= 4 is 64.1 Å². The van der Waals surface area contributed by atoms with Crippen LogP contribution in [-0.2, 0) is 0 Å². The number of rotatable bonds is 5. The standard InChI is InChI=1S/C16H13Cl4NO2S/c1-23-13-5-3-2-4-12(13)14(22)21-15(16(18,19)20)24-11-8-6-10(17)7-9-11/h2-9,15H,1H3,(H,21,22)/t15-/m0/s1. The van der Waals surface area contributed by atoms with Gasteiger partial charge in [-0.15, -0.1) is 0 Å². The number of hydrogen-bond acceptors (Lipinski definition) is 3. The van der Waals surface area contributed by atoms with Crippen molar-refractivity contribution in [3.05, 3.63) is 59.1 Å². The van der Waals surface area contributed by atoms with E-state index in [-0.39, 0.29) is 0 Å². The fourth-order valence-electron chi connectivity index (χ4n) is 1.86. The maximum absolute atomic E-state index is 12.5. The minimum absolute atomic E-state index is 0.357. The van der Waals surface area contributed by atoms with Gasteiger partial charge in [-0.25, -0.2) is 0 Å². The van der Waals surface area contributed by atoms with Crippen LogP contribution in [0.1, 0.15) is 10.4 Å². The van der Waals surface area contributed by atoms with Gasteiger partial charge in [0.1, 0.15) is 11.1 Å². The van der Waals surface area contributed by atoms with Crippen molar-refractivity contribution in [3.8, 4) is 5.75 Å². The number of hydrogen-bond donors (Lipinski definition) is 1. The zero-order valence-electron chi connectivity index (χ0n) is 12.4. The molecule has 2 aromatic rings. The van der Waals surface area contributed by atoms with Gasteiger partial charge in [0.15, 0.2) is 0 Å². The van der Waals surface area contributed by atoms with E-state index in [2.05, 4.69) is 5.32 Å². The molecule has 0 aliphatic rings. The van der Waals surface area contributed by atoms with Gasteiger partial charge in [-0.1, -0.05) is 70.3 Å². The van der Waals surface area contributed by atoms with Crippen LogP contribution in [0.5, 0.6) is 5.75 Å². The van der Waals surface area contributed by atoms with Crippen molar-refractivity contribution in [1.82, 2.24) is 5.32 Å². The Bertz CT molecular complexity index is 704. The van der Waals surface area contributed by atoms with Crippen LogP contribution in [0.4, 0.5) is 0 Å². The molecule has 3 nitrogen and oxygen atoms in total. The molecule has 1 N–H and O–H groups in total. The molecule has 0 heterocycles. The normalized spacial score (nSPS) is 12.5. The summed E-state index contributed by atoms with van der Waals surface area (Å²) in [4.78, 5) is 13.3. The highest BCUT2D eigenvalue weighted by Crippen LogP contribution is 2.39. The predicted octanol–water partition coefficient (Wildman–Crippen LogP) is 5.57. The zero-order valence-corrected chi connectivity index (χ0v) is 16.3. The van der Waals surface area contributed by atoms with Gasteiger partial charge in [0, 0.05) is 9.92 Å². The quantitative estimate of drug-likeness (QED) is 0.387. The highest BCUT2D eigenvalue weighted by Gasteiger charge is 2.35. The molecule has 2 aromatic carbocycles. The maximum Gasteiger partial charge on any atom is 0.256 e. The monoisotopic (exact) mass is 423 g/mol. The summed E-state index contributed by atoms with van der Waals surface area (Å²) in [6.45, 7) is 0. The number of halogens is 4. The Morgan fingerprint density at radius 2 is 1.75 bits per heavy atom. The zero-order chi connectivity index (χ0) is 17.7. The average Bonchev–Trinajstić information content (AvgIpc) is 2.55.